The van der Waals surface area contributed by atoms with Crippen LogP contribution >= 0.6 is 0 Å². The van der Waals surface area contributed by atoms with E-state index >= 15 is 0 Å². The van der Waals surface area contributed by atoms with Crippen LogP contribution in [-0.4, -0.2) is 55.4 Å². The zero-order valence-corrected chi connectivity index (χ0v) is 17.6. The Bertz CT molecular complexity index is 1110. The average Bonchev–Trinajstić information content (AvgIpc) is 3.44. The highest BCUT2D eigenvalue weighted by Crippen LogP contribution is 2.34. The van der Waals surface area contributed by atoms with E-state index in [-0.39, 0.29) is 23.6 Å². The molecule has 1 aromatic carbocycles. The van der Waals surface area contributed by atoms with Crippen LogP contribution in [0.15, 0.2) is 41.1 Å². The first-order valence-electron chi connectivity index (χ1n) is 10.1. The lowest BCUT2D eigenvalue weighted by atomic mass is 10.1. The lowest BCUT2D eigenvalue weighted by Gasteiger charge is -2.23. The van der Waals surface area contributed by atoms with Crippen molar-refractivity contribution < 1.29 is 22.9 Å². The van der Waals surface area contributed by atoms with Crippen LogP contribution in [0.25, 0.3) is 0 Å². The fourth-order valence-corrected chi connectivity index (χ4v) is 3.81. The van der Waals surface area contributed by atoms with Crippen molar-refractivity contribution in [3.8, 4) is 0 Å². The van der Waals surface area contributed by atoms with Crippen molar-refractivity contribution in [3.05, 3.63) is 64.8 Å². The number of halogens is 2. The van der Waals surface area contributed by atoms with E-state index in [2.05, 4.69) is 20.8 Å². The third kappa shape index (κ3) is 4.51. The maximum atomic E-state index is 14.2. The monoisotopic (exact) mass is 444 g/mol. The quantitative estimate of drug-likeness (QED) is 0.626. The number of nitrogens with zero attached hydrogens (tertiary/aromatic N) is 5. The van der Waals surface area contributed by atoms with E-state index in [1.54, 1.807) is 13.8 Å². The summed E-state index contributed by atoms with van der Waals surface area (Å²) < 4.78 is 34.7. The molecule has 0 bridgehead atoms. The molecule has 1 aliphatic rings. The largest absolute Gasteiger partial charge is 0.361 e. The number of rotatable bonds is 6. The number of nitrogens with one attached hydrogen (secondary N) is 1. The fraction of sp³-hybridized carbons (Fsp3) is 0.381. The Morgan fingerprint density at radius 3 is 2.69 bits per heavy atom. The Balaban J connectivity index is 1.45. The topological polar surface area (TPSA) is 106 Å². The van der Waals surface area contributed by atoms with Crippen LogP contribution in [0, 0.1) is 13.8 Å². The third-order valence-corrected chi connectivity index (χ3v) is 5.35. The molecule has 1 N–H and O–H groups in total. The van der Waals surface area contributed by atoms with Gasteiger partial charge in [-0.05, 0) is 19.4 Å². The number of benzene rings is 1. The molecule has 9 nitrogen and oxygen atoms in total. The number of hydrogen-bond donors (Lipinski definition) is 1. The number of aromatic nitrogens is 4. The van der Waals surface area contributed by atoms with Gasteiger partial charge in [0.2, 0.25) is 0 Å². The van der Waals surface area contributed by atoms with Crippen LogP contribution in [0.1, 0.15) is 44.3 Å². The molecule has 4 rings (SSSR count). The summed E-state index contributed by atoms with van der Waals surface area (Å²) >= 11 is 0. The lowest BCUT2D eigenvalue weighted by Crippen LogP contribution is -2.39. The van der Waals surface area contributed by atoms with E-state index in [4.69, 9.17) is 4.52 Å². The third-order valence-electron chi connectivity index (χ3n) is 5.35. The minimum atomic E-state index is -3.03. The molecular weight excluding hydrogens is 422 g/mol. The van der Waals surface area contributed by atoms with Gasteiger partial charge in [0.15, 0.2) is 5.69 Å². The zero-order valence-electron chi connectivity index (χ0n) is 17.6. The summed E-state index contributed by atoms with van der Waals surface area (Å²) in [5.41, 5.74) is 1.52. The lowest BCUT2D eigenvalue weighted by molar-refractivity contribution is 0.0117. The van der Waals surface area contributed by atoms with Crippen molar-refractivity contribution in [1.82, 2.24) is 30.4 Å². The molecule has 1 unspecified atom stereocenters. The first-order chi connectivity index (χ1) is 15.2. The first-order valence-corrected chi connectivity index (χ1v) is 10.1. The van der Waals surface area contributed by atoms with Crippen LogP contribution in [-0.2, 0) is 13.1 Å². The van der Waals surface area contributed by atoms with Crippen LogP contribution in [0.5, 0.6) is 0 Å². The molecule has 1 aliphatic heterocycles. The summed E-state index contributed by atoms with van der Waals surface area (Å²) in [6.07, 6.45) is 0.868. The van der Waals surface area contributed by atoms with Gasteiger partial charge in [-0.2, -0.15) is 0 Å². The molecule has 11 heteroatoms. The predicted molar refractivity (Wildman–Crippen MR) is 108 cm³/mol. The molecule has 2 amide bonds. The molecule has 3 heterocycles. The van der Waals surface area contributed by atoms with Gasteiger partial charge < -0.3 is 14.7 Å². The highest BCUT2D eigenvalue weighted by Gasteiger charge is 2.48. The zero-order chi connectivity index (χ0) is 22.9. The van der Waals surface area contributed by atoms with Gasteiger partial charge in [-0.3, -0.25) is 9.59 Å². The highest BCUT2D eigenvalue weighted by atomic mass is 19.3. The van der Waals surface area contributed by atoms with Crippen molar-refractivity contribution in [3.63, 3.8) is 0 Å². The molecular formula is C21H22F2N6O3. The SMILES string of the molecule is Cc1noc(C)c1C(=O)N1CC(F)(F)CC1Cn1cc(C(=O)NCc2ccccc2)nn1. The van der Waals surface area contributed by atoms with Gasteiger partial charge in [-0.1, -0.05) is 40.7 Å². The van der Waals surface area contributed by atoms with Crippen LogP contribution < -0.4 is 5.32 Å². The van der Waals surface area contributed by atoms with E-state index in [1.165, 1.54) is 10.9 Å². The number of carbonyl (C=O) groups excluding carboxylic acids is 2. The van der Waals surface area contributed by atoms with E-state index in [0.29, 0.717) is 12.2 Å². The second-order valence-electron chi connectivity index (χ2n) is 7.84. The van der Waals surface area contributed by atoms with E-state index in [1.807, 2.05) is 30.3 Å². The Hall–Kier alpha value is -3.63. The molecule has 2 aromatic heterocycles. The van der Waals surface area contributed by atoms with Crippen LogP contribution in [0.4, 0.5) is 8.78 Å². The molecule has 0 radical (unpaired) electrons. The van der Waals surface area contributed by atoms with Gasteiger partial charge in [0.25, 0.3) is 17.7 Å². The van der Waals surface area contributed by atoms with Crippen molar-refractivity contribution >= 4 is 11.8 Å². The molecule has 32 heavy (non-hydrogen) atoms. The average molecular weight is 444 g/mol. The van der Waals surface area contributed by atoms with Crippen molar-refractivity contribution in [2.45, 2.75) is 45.3 Å². The van der Waals surface area contributed by atoms with Crippen LogP contribution in [0.3, 0.4) is 0 Å². The summed E-state index contributed by atoms with van der Waals surface area (Å²) in [4.78, 5) is 26.4. The molecule has 168 valence electrons. The number of likely N-dealkylation sites (tertiary alicyclic amines) is 1. The molecule has 1 atom stereocenters. The van der Waals surface area contributed by atoms with Crippen molar-refractivity contribution in [1.29, 1.82) is 0 Å². The van der Waals surface area contributed by atoms with Crippen molar-refractivity contribution in [2.24, 2.45) is 0 Å². The Kier molecular flexibility index (Phi) is 5.72. The Labute approximate surface area is 182 Å². The number of amides is 2. The molecule has 1 saturated heterocycles. The Morgan fingerprint density at radius 2 is 2.00 bits per heavy atom. The van der Waals surface area contributed by atoms with Gasteiger partial charge in [0.05, 0.1) is 31.0 Å². The highest BCUT2D eigenvalue weighted by molar-refractivity contribution is 5.96. The summed E-state index contributed by atoms with van der Waals surface area (Å²) in [7, 11) is 0. The molecule has 0 aliphatic carbocycles. The normalized spacial score (nSPS) is 17.5. The number of hydrogen-bond acceptors (Lipinski definition) is 6. The van der Waals surface area contributed by atoms with E-state index in [9.17, 15) is 18.4 Å². The first kappa shape index (κ1) is 21.6. The van der Waals surface area contributed by atoms with E-state index < -0.39 is 36.7 Å². The van der Waals surface area contributed by atoms with Gasteiger partial charge in [-0.25, -0.2) is 13.5 Å². The number of carbonyl (C=O) groups is 2. The van der Waals surface area contributed by atoms with E-state index in [0.717, 1.165) is 10.5 Å². The van der Waals surface area contributed by atoms with Crippen LogP contribution in [0.2, 0.25) is 0 Å². The smallest absolute Gasteiger partial charge is 0.273 e. The summed E-state index contributed by atoms with van der Waals surface area (Å²) in [5, 5.41) is 14.2. The second kappa shape index (κ2) is 8.48. The fourth-order valence-electron chi connectivity index (χ4n) is 3.81. The second-order valence-corrected chi connectivity index (χ2v) is 7.84. The molecule has 0 saturated carbocycles. The summed E-state index contributed by atoms with van der Waals surface area (Å²) in [5.74, 6) is -3.75. The van der Waals surface area contributed by atoms with Gasteiger partial charge >= 0.3 is 0 Å². The summed E-state index contributed by atoms with van der Waals surface area (Å²) in [6.45, 7) is 2.74. The minimum Gasteiger partial charge on any atom is -0.361 e. The van der Waals surface area contributed by atoms with Gasteiger partial charge in [-0.15, -0.1) is 5.10 Å². The minimum absolute atomic E-state index is 0.0241. The van der Waals surface area contributed by atoms with Gasteiger partial charge in [0.1, 0.15) is 11.3 Å². The maximum Gasteiger partial charge on any atom is 0.273 e. The molecule has 1 fully saturated rings. The van der Waals surface area contributed by atoms with Crippen molar-refractivity contribution in [2.75, 3.05) is 6.54 Å². The summed E-state index contributed by atoms with van der Waals surface area (Å²) in [6, 6.07) is 8.54. The number of aryl methyl sites for hydroxylation is 2. The van der Waals surface area contributed by atoms with Gasteiger partial charge in [0, 0.05) is 13.0 Å². The molecule has 3 aromatic rings. The molecule has 0 spiro atoms. The predicted octanol–water partition coefficient (Wildman–Crippen LogP) is 2.36. The standard InChI is InChI=1S/C21H22F2N6O3/c1-13-18(14(2)32-26-13)20(31)29-12-21(22,23)8-16(29)10-28-11-17(25-27-28)19(30)24-9-15-6-4-3-5-7-15/h3-7,11,16H,8-10,12H2,1-2H3,(H,24,30). The maximum absolute atomic E-state index is 14.2. The number of alkyl halides is 2. The Morgan fingerprint density at radius 1 is 1.25 bits per heavy atom.